The van der Waals surface area contributed by atoms with Crippen molar-refractivity contribution < 1.29 is 5.11 Å². The zero-order valence-electron chi connectivity index (χ0n) is 13.2. The van der Waals surface area contributed by atoms with Crippen molar-refractivity contribution in [3.05, 3.63) is 0 Å². The maximum atomic E-state index is 8.67. The molecule has 0 rings (SSSR count). The Balaban J connectivity index is 2.99. The third kappa shape index (κ3) is 18.5. The van der Waals surface area contributed by atoms with Crippen LogP contribution in [0.2, 0.25) is 19.1 Å². The highest BCUT2D eigenvalue weighted by molar-refractivity contribution is 7.19. The van der Waals surface area contributed by atoms with Crippen LogP contribution in [0.1, 0.15) is 77.0 Å². The van der Waals surface area contributed by atoms with Crippen molar-refractivity contribution in [2.45, 2.75) is 96.2 Å². The van der Waals surface area contributed by atoms with Crippen molar-refractivity contribution in [3.63, 3.8) is 0 Å². The topological polar surface area (TPSA) is 20.2 Å². The van der Waals surface area contributed by atoms with E-state index in [1.165, 1.54) is 76.7 Å². The molecule has 1 N–H and O–H groups in total. The fourth-order valence-electron chi connectivity index (χ4n) is 2.42. The normalized spacial score (nSPS) is 12.0. The number of rotatable bonds is 14. The zero-order valence-corrected chi connectivity index (χ0v) is 15.0. The molecule has 1 nitrogen and oxygen atoms in total. The van der Waals surface area contributed by atoms with Crippen LogP contribution in [0, 0.1) is 0 Å². The number of aliphatic hydroxyl groups excluding tert-OH is 1. The molecule has 0 aromatic carbocycles. The predicted octanol–water partition coefficient (Wildman–Crippen LogP) is 6.10. The van der Waals surface area contributed by atoms with E-state index >= 15 is 0 Å². The van der Waals surface area contributed by atoms with Gasteiger partial charge in [-0.15, -0.1) is 0 Å². The first-order chi connectivity index (χ1) is 9.06. The molecular formula is C16H35ClOSi. The van der Waals surface area contributed by atoms with Crippen molar-refractivity contribution in [1.29, 1.82) is 0 Å². The van der Waals surface area contributed by atoms with Crippen LogP contribution < -0.4 is 0 Å². The van der Waals surface area contributed by atoms with Crippen LogP contribution in [0.3, 0.4) is 0 Å². The Hall–Kier alpha value is 0.467. The molecule has 0 amide bonds. The lowest BCUT2D eigenvalue weighted by atomic mass is 10.1. The molecule has 116 valence electrons. The number of aliphatic hydroxyl groups is 1. The van der Waals surface area contributed by atoms with E-state index in [0.29, 0.717) is 6.61 Å². The molecule has 0 radical (unpaired) electrons. The van der Waals surface area contributed by atoms with Gasteiger partial charge in [0.05, 0.1) is 0 Å². The number of halogens is 1. The molecule has 0 heterocycles. The van der Waals surface area contributed by atoms with Gasteiger partial charge in [-0.25, -0.2) is 0 Å². The molecule has 0 unspecified atom stereocenters. The van der Waals surface area contributed by atoms with Crippen LogP contribution in [-0.2, 0) is 0 Å². The van der Waals surface area contributed by atoms with E-state index < -0.39 is 7.38 Å². The molecule has 0 aromatic heterocycles. The van der Waals surface area contributed by atoms with Gasteiger partial charge in [-0.1, -0.05) is 83.7 Å². The van der Waals surface area contributed by atoms with Crippen molar-refractivity contribution in [2.75, 3.05) is 6.61 Å². The Kier molecular flexibility index (Phi) is 13.8. The summed E-state index contributed by atoms with van der Waals surface area (Å²) in [5, 5.41) is 8.67. The third-order valence-corrected chi connectivity index (χ3v) is 5.79. The Morgan fingerprint density at radius 2 is 0.947 bits per heavy atom. The molecule has 0 spiro atoms. The van der Waals surface area contributed by atoms with Crippen LogP contribution in [0.4, 0.5) is 0 Å². The van der Waals surface area contributed by atoms with Crippen molar-refractivity contribution in [2.24, 2.45) is 0 Å². The summed E-state index contributed by atoms with van der Waals surface area (Å²) >= 11 is 6.30. The van der Waals surface area contributed by atoms with Gasteiger partial charge in [0.1, 0.15) is 7.38 Å². The van der Waals surface area contributed by atoms with Crippen molar-refractivity contribution >= 4 is 18.5 Å². The summed E-state index contributed by atoms with van der Waals surface area (Å²) in [6.45, 7) is 4.85. The maximum absolute atomic E-state index is 8.67. The highest BCUT2D eigenvalue weighted by Gasteiger charge is 2.15. The molecule has 0 bridgehead atoms. The van der Waals surface area contributed by atoms with Gasteiger partial charge in [-0.3, -0.25) is 0 Å². The lowest BCUT2D eigenvalue weighted by Crippen LogP contribution is -2.14. The minimum Gasteiger partial charge on any atom is -0.396 e. The lowest BCUT2D eigenvalue weighted by Gasteiger charge is -2.11. The van der Waals surface area contributed by atoms with Gasteiger partial charge in [0, 0.05) is 6.61 Å². The second-order valence-corrected chi connectivity index (χ2v) is 13.4. The van der Waals surface area contributed by atoms with Gasteiger partial charge >= 0.3 is 0 Å². The molecule has 0 atom stereocenters. The predicted molar refractivity (Wildman–Crippen MR) is 90.6 cm³/mol. The minimum atomic E-state index is -1.30. The van der Waals surface area contributed by atoms with E-state index in [4.69, 9.17) is 16.2 Å². The second-order valence-electron chi connectivity index (χ2n) is 6.43. The van der Waals surface area contributed by atoms with Crippen LogP contribution in [0.15, 0.2) is 0 Å². The summed E-state index contributed by atoms with van der Waals surface area (Å²) < 4.78 is 0. The van der Waals surface area contributed by atoms with Gasteiger partial charge in [-0.05, 0) is 12.5 Å². The minimum absolute atomic E-state index is 0.364. The monoisotopic (exact) mass is 306 g/mol. The molecule has 0 saturated heterocycles. The summed E-state index contributed by atoms with van der Waals surface area (Å²) in [5.74, 6) is 0. The average Bonchev–Trinajstić information content (AvgIpc) is 2.34. The van der Waals surface area contributed by atoms with Crippen LogP contribution in [0.25, 0.3) is 0 Å². The van der Waals surface area contributed by atoms with Crippen molar-refractivity contribution in [1.82, 2.24) is 0 Å². The summed E-state index contributed by atoms with van der Waals surface area (Å²) in [6.07, 6.45) is 16.0. The standard InChI is InChI=1S/C16H35ClOSi/c1-19(2,17)16-14-12-10-8-6-4-3-5-7-9-11-13-15-18/h18H,3-16H2,1-2H3. The zero-order chi connectivity index (χ0) is 14.4. The highest BCUT2D eigenvalue weighted by atomic mass is 35.6. The first kappa shape index (κ1) is 19.5. The largest absolute Gasteiger partial charge is 0.396 e. The molecule has 0 aliphatic carbocycles. The van der Waals surface area contributed by atoms with E-state index in [0.717, 1.165) is 6.42 Å². The third-order valence-electron chi connectivity index (χ3n) is 3.68. The van der Waals surface area contributed by atoms with E-state index in [1.54, 1.807) is 0 Å². The summed E-state index contributed by atoms with van der Waals surface area (Å²) in [5.41, 5.74) is 0. The van der Waals surface area contributed by atoms with E-state index in [2.05, 4.69) is 13.1 Å². The van der Waals surface area contributed by atoms with Gasteiger partial charge in [0.15, 0.2) is 0 Å². The Labute approximate surface area is 126 Å². The lowest BCUT2D eigenvalue weighted by molar-refractivity contribution is 0.282. The second kappa shape index (κ2) is 13.4. The molecule has 3 heteroatoms. The Morgan fingerprint density at radius 1 is 0.632 bits per heavy atom. The molecule has 0 saturated carbocycles. The smallest absolute Gasteiger partial charge is 0.150 e. The Bertz CT molecular complexity index is 180. The van der Waals surface area contributed by atoms with Gasteiger partial charge in [0.25, 0.3) is 0 Å². The molecule has 0 fully saturated rings. The van der Waals surface area contributed by atoms with E-state index in [1.807, 2.05) is 0 Å². The first-order valence-electron chi connectivity index (χ1n) is 8.36. The first-order valence-corrected chi connectivity index (χ1v) is 12.6. The van der Waals surface area contributed by atoms with E-state index in [-0.39, 0.29) is 0 Å². The maximum Gasteiger partial charge on any atom is 0.150 e. The van der Waals surface area contributed by atoms with Crippen molar-refractivity contribution in [3.8, 4) is 0 Å². The molecule has 0 aliphatic rings. The molecular weight excluding hydrogens is 272 g/mol. The number of hydrogen-bond donors (Lipinski definition) is 1. The summed E-state index contributed by atoms with van der Waals surface area (Å²) in [4.78, 5) is 0. The van der Waals surface area contributed by atoms with E-state index in [9.17, 15) is 0 Å². The molecule has 0 aliphatic heterocycles. The van der Waals surface area contributed by atoms with Gasteiger partial charge in [-0.2, -0.15) is 11.1 Å². The fraction of sp³-hybridized carbons (Fsp3) is 1.00. The van der Waals surface area contributed by atoms with Crippen LogP contribution >= 0.6 is 11.1 Å². The number of unbranched alkanes of at least 4 members (excludes halogenated alkanes) is 11. The van der Waals surface area contributed by atoms with Gasteiger partial charge in [0.2, 0.25) is 0 Å². The Morgan fingerprint density at radius 3 is 1.26 bits per heavy atom. The van der Waals surface area contributed by atoms with Gasteiger partial charge < -0.3 is 5.11 Å². The van der Waals surface area contributed by atoms with Crippen LogP contribution in [-0.4, -0.2) is 19.1 Å². The molecule has 0 aromatic rings. The quantitative estimate of drug-likeness (QED) is 0.233. The fourth-order valence-corrected chi connectivity index (χ4v) is 3.92. The van der Waals surface area contributed by atoms with Crippen LogP contribution in [0.5, 0.6) is 0 Å². The highest BCUT2D eigenvalue weighted by Crippen LogP contribution is 2.19. The summed E-state index contributed by atoms with van der Waals surface area (Å²) in [7, 11) is -1.30. The molecule has 19 heavy (non-hydrogen) atoms. The number of hydrogen-bond acceptors (Lipinski definition) is 1. The average molecular weight is 307 g/mol. The SMILES string of the molecule is C[Si](C)(Cl)CCCCCCCCCCCCCCO. The summed E-state index contributed by atoms with van der Waals surface area (Å²) in [6, 6.07) is 1.28.